The van der Waals surface area contributed by atoms with Crippen molar-refractivity contribution in [1.82, 2.24) is 0 Å². The number of carbonyl (C=O) groups is 1. The van der Waals surface area contributed by atoms with Gasteiger partial charge >= 0.3 is 5.97 Å². The molecule has 1 N–H and O–H groups in total. The van der Waals surface area contributed by atoms with Gasteiger partial charge in [0, 0.05) is 11.6 Å². The molecule has 0 spiro atoms. The Balaban J connectivity index is 2.81. The molecule has 0 saturated heterocycles. The quantitative estimate of drug-likeness (QED) is 0.635. The number of aliphatic carboxylic acids is 1. The van der Waals surface area contributed by atoms with Crippen LogP contribution < -0.4 is 0 Å². The van der Waals surface area contributed by atoms with Crippen molar-refractivity contribution in [3.8, 4) is 0 Å². The summed E-state index contributed by atoms with van der Waals surface area (Å²) in [6, 6.07) is 4.61. The summed E-state index contributed by atoms with van der Waals surface area (Å²) in [6.07, 6.45) is 5.14. The third-order valence-corrected chi connectivity index (χ3v) is 1.90. The normalized spacial score (nSPS) is 11.3. The van der Waals surface area contributed by atoms with E-state index in [0.29, 0.717) is 5.56 Å². The van der Waals surface area contributed by atoms with Gasteiger partial charge in [0.2, 0.25) is 0 Å². The van der Waals surface area contributed by atoms with Gasteiger partial charge in [-0.2, -0.15) is 0 Å². The topological polar surface area (TPSA) is 37.3 Å². The highest BCUT2D eigenvalue weighted by molar-refractivity contribution is 6.30. The first-order valence-corrected chi connectivity index (χ1v) is 4.51. The molecular formula is C11H8ClFO2. The molecule has 0 saturated carbocycles. The molecule has 1 aromatic rings. The molecule has 1 rings (SSSR count). The number of hydrogen-bond acceptors (Lipinski definition) is 1. The summed E-state index contributed by atoms with van der Waals surface area (Å²) in [6.45, 7) is 0. The number of rotatable bonds is 3. The third kappa shape index (κ3) is 3.56. The van der Waals surface area contributed by atoms with Gasteiger partial charge in [-0.05, 0) is 6.07 Å². The predicted octanol–water partition coefficient (Wildman–Crippen LogP) is 3.13. The van der Waals surface area contributed by atoms with Crippen LogP contribution in [0.3, 0.4) is 0 Å². The lowest BCUT2D eigenvalue weighted by atomic mass is 10.2. The summed E-state index contributed by atoms with van der Waals surface area (Å²) in [4.78, 5) is 10.1. The van der Waals surface area contributed by atoms with Crippen LogP contribution >= 0.6 is 11.6 Å². The molecule has 0 atom stereocenters. The molecule has 0 unspecified atom stereocenters. The summed E-state index contributed by atoms with van der Waals surface area (Å²) in [5.74, 6) is -1.56. The van der Waals surface area contributed by atoms with Crippen molar-refractivity contribution in [2.75, 3.05) is 0 Å². The molecule has 0 bridgehead atoms. The molecule has 1 aromatic carbocycles. The van der Waals surface area contributed by atoms with Gasteiger partial charge in [0.15, 0.2) is 0 Å². The van der Waals surface area contributed by atoms with E-state index < -0.39 is 11.8 Å². The van der Waals surface area contributed by atoms with Gasteiger partial charge in [-0.15, -0.1) is 0 Å². The molecule has 2 nitrogen and oxygen atoms in total. The maximum atomic E-state index is 13.3. The second-order valence-corrected chi connectivity index (χ2v) is 3.11. The average Bonchev–Trinajstić information content (AvgIpc) is 2.18. The zero-order valence-corrected chi connectivity index (χ0v) is 8.41. The molecule has 0 amide bonds. The number of halogens is 2. The van der Waals surface area contributed by atoms with Crippen LogP contribution in [0.15, 0.2) is 36.4 Å². The lowest BCUT2D eigenvalue weighted by Crippen LogP contribution is -1.84. The van der Waals surface area contributed by atoms with Crippen LogP contribution in [0.1, 0.15) is 5.56 Å². The number of carboxylic acid groups (broad SMARTS) is 1. The standard InChI is InChI=1S/C11H8ClFO2/c12-9-6-3-5-8(11(9)13)4-1-2-7-10(14)15/h1-7H,(H,14,15)/b4-1+,7-2+. The van der Waals surface area contributed by atoms with Gasteiger partial charge in [0.25, 0.3) is 0 Å². The zero-order chi connectivity index (χ0) is 11.3. The van der Waals surface area contributed by atoms with Gasteiger partial charge < -0.3 is 5.11 Å². The molecule has 0 radical (unpaired) electrons. The summed E-state index contributed by atoms with van der Waals surface area (Å²) < 4.78 is 13.3. The van der Waals surface area contributed by atoms with Crippen LogP contribution in [0.4, 0.5) is 4.39 Å². The summed E-state index contributed by atoms with van der Waals surface area (Å²) in [5.41, 5.74) is 0.317. The van der Waals surface area contributed by atoms with E-state index in [-0.39, 0.29) is 5.02 Å². The molecule has 0 aliphatic carbocycles. The molecule has 0 aromatic heterocycles. The van der Waals surface area contributed by atoms with Crippen molar-refractivity contribution in [2.24, 2.45) is 0 Å². The van der Waals surface area contributed by atoms with E-state index >= 15 is 0 Å². The van der Waals surface area contributed by atoms with Gasteiger partial charge in [0.1, 0.15) is 5.82 Å². The van der Waals surface area contributed by atoms with Gasteiger partial charge in [0.05, 0.1) is 5.02 Å². The van der Waals surface area contributed by atoms with Gasteiger partial charge in [-0.1, -0.05) is 42.0 Å². The van der Waals surface area contributed by atoms with Crippen molar-refractivity contribution >= 4 is 23.6 Å². The molecule has 0 heterocycles. The molecule has 15 heavy (non-hydrogen) atoms. The Bertz CT molecular complexity index is 425. The molecule has 0 aliphatic heterocycles. The summed E-state index contributed by atoms with van der Waals surface area (Å²) in [7, 11) is 0. The Morgan fingerprint density at radius 2 is 2.13 bits per heavy atom. The Labute approximate surface area is 91.3 Å². The van der Waals surface area contributed by atoms with Crippen LogP contribution in [0.2, 0.25) is 5.02 Å². The monoisotopic (exact) mass is 226 g/mol. The van der Waals surface area contributed by atoms with E-state index in [1.165, 1.54) is 24.3 Å². The molecular weight excluding hydrogens is 219 g/mol. The van der Waals surface area contributed by atoms with Crippen molar-refractivity contribution in [3.63, 3.8) is 0 Å². The fourth-order valence-electron chi connectivity index (χ4n) is 0.946. The zero-order valence-electron chi connectivity index (χ0n) is 7.65. The largest absolute Gasteiger partial charge is 0.478 e. The highest BCUT2D eigenvalue weighted by Crippen LogP contribution is 2.18. The minimum Gasteiger partial charge on any atom is -0.478 e. The van der Waals surface area contributed by atoms with Crippen molar-refractivity contribution in [2.45, 2.75) is 0 Å². The first kappa shape index (κ1) is 11.5. The second kappa shape index (κ2) is 5.32. The molecule has 78 valence electrons. The van der Waals surface area contributed by atoms with E-state index in [1.807, 2.05) is 0 Å². The third-order valence-electron chi connectivity index (χ3n) is 1.61. The minimum atomic E-state index is -1.05. The highest BCUT2D eigenvalue weighted by atomic mass is 35.5. The minimum absolute atomic E-state index is 0.0411. The van der Waals surface area contributed by atoms with Crippen molar-refractivity contribution < 1.29 is 14.3 Å². The van der Waals surface area contributed by atoms with E-state index in [2.05, 4.69) is 0 Å². The fraction of sp³-hybridized carbons (Fsp3) is 0. The van der Waals surface area contributed by atoms with Crippen LogP contribution in [0.5, 0.6) is 0 Å². The lowest BCUT2D eigenvalue weighted by molar-refractivity contribution is -0.131. The maximum absolute atomic E-state index is 13.3. The summed E-state index contributed by atoms with van der Waals surface area (Å²) >= 11 is 5.56. The van der Waals surface area contributed by atoms with E-state index in [9.17, 15) is 9.18 Å². The predicted molar refractivity (Wildman–Crippen MR) is 57.2 cm³/mol. The SMILES string of the molecule is O=C(O)/C=C/C=C/c1cccc(Cl)c1F. The molecule has 0 aliphatic rings. The Morgan fingerprint density at radius 3 is 2.80 bits per heavy atom. The first-order chi connectivity index (χ1) is 7.11. The van der Waals surface area contributed by atoms with E-state index in [4.69, 9.17) is 16.7 Å². The Hall–Kier alpha value is -1.61. The average molecular weight is 227 g/mol. The number of carboxylic acids is 1. The Kier molecular flexibility index (Phi) is 4.06. The fourth-order valence-corrected chi connectivity index (χ4v) is 1.13. The van der Waals surface area contributed by atoms with Crippen LogP contribution in [-0.4, -0.2) is 11.1 Å². The van der Waals surface area contributed by atoms with Gasteiger partial charge in [-0.3, -0.25) is 0 Å². The number of allylic oxidation sites excluding steroid dienone is 2. The van der Waals surface area contributed by atoms with Crippen molar-refractivity contribution in [3.05, 3.63) is 52.8 Å². The molecule has 0 fully saturated rings. The number of hydrogen-bond donors (Lipinski definition) is 1. The smallest absolute Gasteiger partial charge is 0.328 e. The van der Waals surface area contributed by atoms with Gasteiger partial charge in [-0.25, -0.2) is 9.18 Å². The summed E-state index contributed by atoms with van der Waals surface area (Å²) in [5, 5.41) is 8.33. The van der Waals surface area contributed by atoms with E-state index in [1.54, 1.807) is 12.1 Å². The maximum Gasteiger partial charge on any atom is 0.328 e. The first-order valence-electron chi connectivity index (χ1n) is 4.13. The van der Waals surface area contributed by atoms with Crippen LogP contribution in [-0.2, 0) is 4.79 Å². The second-order valence-electron chi connectivity index (χ2n) is 2.70. The Morgan fingerprint density at radius 1 is 1.40 bits per heavy atom. The highest BCUT2D eigenvalue weighted by Gasteiger charge is 2.01. The molecule has 4 heteroatoms. The van der Waals surface area contributed by atoms with E-state index in [0.717, 1.165) is 6.08 Å². The van der Waals surface area contributed by atoms with Crippen LogP contribution in [0, 0.1) is 5.82 Å². The lowest BCUT2D eigenvalue weighted by Gasteiger charge is -1.97. The number of benzene rings is 1. The van der Waals surface area contributed by atoms with Crippen molar-refractivity contribution in [1.29, 1.82) is 0 Å². The van der Waals surface area contributed by atoms with Crippen LogP contribution in [0.25, 0.3) is 6.08 Å².